The zero-order valence-electron chi connectivity index (χ0n) is 12.4. The van der Waals surface area contributed by atoms with Gasteiger partial charge < -0.3 is 4.90 Å². The van der Waals surface area contributed by atoms with Gasteiger partial charge in [0.05, 0.1) is 5.75 Å². The highest BCUT2D eigenvalue weighted by molar-refractivity contribution is 8.00. The minimum Gasteiger partial charge on any atom is -0.342 e. The van der Waals surface area contributed by atoms with Crippen LogP contribution < -0.4 is 0 Å². The van der Waals surface area contributed by atoms with Crippen molar-refractivity contribution in [3.05, 3.63) is 42.5 Å². The van der Waals surface area contributed by atoms with Gasteiger partial charge in [0.15, 0.2) is 0 Å². The number of piperidine rings is 1. The summed E-state index contributed by atoms with van der Waals surface area (Å²) < 4.78 is 0. The van der Waals surface area contributed by atoms with E-state index in [0.717, 1.165) is 31.8 Å². The van der Waals surface area contributed by atoms with Crippen molar-refractivity contribution < 1.29 is 4.79 Å². The molecule has 2 nitrogen and oxygen atoms in total. The predicted molar refractivity (Wildman–Crippen MR) is 89.7 cm³/mol. The smallest absolute Gasteiger partial charge is 0.232 e. The van der Waals surface area contributed by atoms with Crippen molar-refractivity contribution in [3.63, 3.8) is 0 Å². The molecule has 21 heavy (non-hydrogen) atoms. The number of hydrogen-bond donors (Lipinski definition) is 0. The molecule has 0 aliphatic carbocycles. The summed E-state index contributed by atoms with van der Waals surface area (Å²) in [6, 6.07) is 14.7. The van der Waals surface area contributed by atoms with Crippen LogP contribution in [-0.2, 0) is 4.79 Å². The van der Waals surface area contributed by atoms with Gasteiger partial charge in [0.25, 0.3) is 0 Å². The maximum Gasteiger partial charge on any atom is 0.232 e. The van der Waals surface area contributed by atoms with Crippen LogP contribution in [0.5, 0.6) is 0 Å². The van der Waals surface area contributed by atoms with E-state index in [1.165, 1.54) is 15.7 Å². The van der Waals surface area contributed by atoms with E-state index in [-0.39, 0.29) is 5.91 Å². The molecule has 1 amide bonds. The molecule has 1 saturated heterocycles. The molecular weight excluding hydrogens is 278 g/mol. The summed E-state index contributed by atoms with van der Waals surface area (Å²) in [5.41, 5.74) is 0. The maximum atomic E-state index is 12.2. The second-order valence-corrected chi connectivity index (χ2v) is 6.91. The third-order valence-corrected chi connectivity index (χ3v) is 5.20. The summed E-state index contributed by atoms with van der Waals surface area (Å²) >= 11 is 1.65. The van der Waals surface area contributed by atoms with Crippen LogP contribution in [-0.4, -0.2) is 29.6 Å². The van der Waals surface area contributed by atoms with Crippen LogP contribution in [0.25, 0.3) is 10.8 Å². The van der Waals surface area contributed by atoms with Crippen molar-refractivity contribution >= 4 is 28.4 Å². The fraction of sp³-hybridized carbons (Fsp3) is 0.389. The highest BCUT2D eigenvalue weighted by atomic mass is 32.2. The zero-order chi connectivity index (χ0) is 14.7. The number of thioether (sulfide) groups is 1. The Morgan fingerprint density at radius 3 is 2.62 bits per heavy atom. The first kappa shape index (κ1) is 14.5. The summed E-state index contributed by atoms with van der Waals surface area (Å²) in [4.78, 5) is 15.4. The maximum absolute atomic E-state index is 12.2. The molecule has 1 heterocycles. The Morgan fingerprint density at radius 1 is 1.14 bits per heavy atom. The van der Waals surface area contributed by atoms with Gasteiger partial charge in [-0.1, -0.05) is 37.3 Å². The number of amides is 1. The van der Waals surface area contributed by atoms with E-state index in [2.05, 4.69) is 49.4 Å². The van der Waals surface area contributed by atoms with Crippen LogP contribution in [0.2, 0.25) is 0 Å². The van der Waals surface area contributed by atoms with Crippen molar-refractivity contribution in [2.24, 2.45) is 5.92 Å². The van der Waals surface area contributed by atoms with Crippen molar-refractivity contribution in [3.8, 4) is 0 Å². The minimum absolute atomic E-state index is 0.278. The molecule has 3 rings (SSSR count). The van der Waals surface area contributed by atoms with Crippen molar-refractivity contribution in [2.75, 3.05) is 18.8 Å². The van der Waals surface area contributed by atoms with Gasteiger partial charge in [-0.3, -0.25) is 4.79 Å². The normalized spacial score (nSPS) is 16.3. The van der Waals surface area contributed by atoms with Crippen LogP contribution in [0.4, 0.5) is 0 Å². The van der Waals surface area contributed by atoms with E-state index in [0.29, 0.717) is 5.75 Å². The van der Waals surface area contributed by atoms with E-state index in [9.17, 15) is 4.79 Å². The van der Waals surface area contributed by atoms with Gasteiger partial charge in [0.2, 0.25) is 5.91 Å². The van der Waals surface area contributed by atoms with Gasteiger partial charge in [0, 0.05) is 18.0 Å². The molecule has 0 saturated carbocycles. The lowest BCUT2D eigenvalue weighted by molar-refractivity contribution is -0.129. The number of rotatable bonds is 3. The molecule has 0 bridgehead atoms. The molecular formula is C18H21NOS. The summed E-state index contributed by atoms with van der Waals surface area (Å²) in [7, 11) is 0. The van der Waals surface area contributed by atoms with Crippen LogP contribution >= 0.6 is 11.8 Å². The number of carbonyl (C=O) groups excluding carboxylic acids is 1. The third-order valence-electron chi connectivity index (χ3n) is 4.22. The molecule has 0 atom stereocenters. The summed E-state index contributed by atoms with van der Waals surface area (Å²) in [5, 5.41) is 2.49. The number of benzene rings is 2. The monoisotopic (exact) mass is 299 g/mol. The molecule has 1 aliphatic heterocycles. The Labute approximate surface area is 130 Å². The molecule has 0 aromatic heterocycles. The quantitative estimate of drug-likeness (QED) is 0.792. The first-order valence-electron chi connectivity index (χ1n) is 7.62. The highest BCUT2D eigenvalue weighted by Crippen LogP contribution is 2.24. The van der Waals surface area contributed by atoms with E-state index < -0.39 is 0 Å². The van der Waals surface area contributed by atoms with Gasteiger partial charge >= 0.3 is 0 Å². The van der Waals surface area contributed by atoms with Gasteiger partial charge in [-0.15, -0.1) is 11.8 Å². The predicted octanol–water partition coefficient (Wildman–Crippen LogP) is 4.19. The number of carbonyl (C=O) groups is 1. The number of likely N-dealkylation sites (tertiary alicyclic amines) is 1. The minimum atomic E-state index is 0.278. The second kappa shape index (κ2) is 6.52. The molecule has 0 N–H and O–H groups in total. The van der Waals surface area contributed by atoms with Gasteiger partial charge in [-0.25, -0.2) is 0 Å². The SMILES string of the molecule is CC1CCN(C(=O)CSc2ccc3ccccc3c2)CC1. The summed E-state index contributed by atoms with van der Waals surface area (Å²) in [6.07, 6.45) is 2.29. The van der Waals surface area contributed by atoms with Crippen molar-refractivity contribution in [1.29, 1.82) is 0 Å². The molecule has 1 fully saturated rings. The largest absolute Gasteiger partial charge is 0.342 e. The average molecular weight is 299 g/mol. The van der Waals surface area contributed by atoms with E-state index in [4.69, 9.17) is 0 Å². The molecule has 0 radical (unpaired) electrons. The summed E-state index contributed by atoms with van der Waals surface area (Å²) in [5.74, 6) is 1.59. The van der Waals surface area contributed by atoms with Crippen LogP contribution in [0.3, 0.4) is 0 Å². The van der Waals surface area contributed by atoms with Gasteiger partial charge in [-0.2, -0.15) is 0 Å². The lowest BCUT2D eigenvalue weighted by Crippen LogP contribution is -2.38. The Kier molecular flexibility index (Phi) is 4.49. The van der Waals surface area contributed by atoms with Crippen LogP contribution in [0.1, 0.15) is 19.8 Å². The fourth-order valence-corrected chi connectivity index (χ4v) is 3.60. The molecule has 110 valence electrons. The molecule has 3 heteroatoms. The zero-order valence-corrected chi connectivity index (χ0v) is 13.2. The topological polar surface area (TPSA) is 20.3 Å². The van der Waals surface area contributed by atoms with Crippen LogP contribution in [0.15, 0.2) is 47.4 Å². The number of fused-ring (bicyclic) bond motifs is 1. The van der Waals surface area contributed by atoms with E-state index in [1.54, 1.807) is 11.8 Å². The Bertz CT molecular complexity index is 632. The molecule has 0 spiro atoms. The number of hydrogen-bond acceptors (Lipinski definition) is 2. The van der Waals surface area contributed by atoms with E-state index in [1.807, 2.05) is 4.90 Å². The lowest BCUT2D eigenvalue weighted by Gasteiger charge is -2.30. The third kappa shape index (κ3) is 3.59. The van der Waals surface area contributed by atoms with Crippen LogP contribution in [0, 0.1) is 5.92 Å². The Morgan fingerprint density at radius 2 is 1.86 bits per heavy atom. The molecule has 0 unspecified atom stereocenters. The molecule has 2 aromatic carbocycles. The molecule has 2 aromatic rings. The first-order chi connectivity index (χ1) is 10.2. The summed E-state index contributed by atoms with van der Waals surface area (Å²) in [6.45, 7) is 4.13. The van der Waals surface area contributed by atoms with Crippen molar-refractivity contribution in [2.45, 2.75) is 24.7 Å². The van der Waals surface area contributed by atoms with Gasteiger partial charge in [-0.05, 0) is 41.7 Å². The van der Waals surface area contributed by atoms with Gasteiger partial charge in [0.1, 0.15) is 0 Å². The Hall–Kier alpha value is -1.48. The second-order valence-electron chi connectivity index (χ2n) is 5.86. The molecule has 1 aliphatic rings. The fourth-order valence-electron chi connectivity index (χ4n) is 2.75. The lowest BCUT2D eigenvalue weighted by atomic mass is 9.99. The highest BCUT2D eigenvalue weighted by Gasteiger charge is 2.20. The Balaban J connectivity index is 1.59. The van der Waals surface area contributed by atoms with Crippen molar-refractivity contribution in [1.82, 2.24) is 4.90 Å². The van der Waals surface area contributed by atoms with E-state index >= 15 is 0 Å². The number of nitrogens with zero attached hydrogens (tertiary/aromatic N) is 1. The first-order valence-corrected chi connectivity index (χ1v) is 8.60. The average Bonchev–Trinajstić information content (AvgIpc) is 2.53. The standard InChI is InChI=1S/C18H21NOS/c1-14-8-10-19(11-9-14)18(20)13-21-17-7-6-15-4-2-3-5-16(15)12-17/h2-7,12,14H,8-11,13H2,1H3.